The molecule has 0 fully saturated rings. The van der Waals surface area contributed by atoms with Crippen molar-refractivity contribution in [2.24, 2.45) is 5.92 Å². The molecule has 4 heterocycles. The average Bonchev–Trinajstić information content (AvgIpc) is 3.60. The fourth-order valence-corrected chi connectivity index (χ4v) is 7.22. The highest BCUT2D eigenvalue weighted by atomic mass is 32.1. The third kappa shape index (κ3) is 3.89. The number of aromatic nitrogens is 2. The summed E-state index contributed by atoms with van der Waals surface area (Å²) < 4.78 is 20.0. The van der Waals surface area contributed by atoms with E-state index < -0.39 is 28.6 Å². The number of hydrogen-bond donors (Lipinski definition) is 0. The van der Waals surface area contributed by atoms with Gasteiger partial charge in [0.1, 0.15) is 16.4 Å². The number of fused-ring (bicyclic) bond motifs is 5. The SMILES string of the molecule is Cc1cc2oc3c(c(=O)c2cc1C)C1(C(=O)N(Cc2ccc(F)cc2)c2ccccc21)N(c1nnc(CC(C)C)s1)C3=O. The third-order valence-corrected chi connectivity index (χ3v) is 9.16. The minimum absolute atomic E-state index is 0.0343. The molecule has 3 aromatic carbocycles. The largest absolute Gasteiger partial charge is 0.450 e. The van der Waals surface area contributed by atoms with Crippen molar-refractivity contribution in [2.75, 3.05) is 9.80 Å². The smallest absolute Gasteiger partial charge is 0.297 e. The number of benzene rings is 3. The van der Waals surface area contributed by atoms with E-state index in [-0.39, 0.29) is 34.0 Å². The summed E-state index contributed by atoms with van der Waals surface area (Å²) in [5.41, 5.74) is 1.39. The van der Waals surface area contributed by atoms with Gasteiger partial charge in [-0.15, -0.1) is 10.2 Å². The molecule has 8 nitrogen and oxygen atoms in total. The molecule has 43 heavy (non-hydrogen) atoms. The zero-order valence-corrected chi connectivity index (χ0v) is 24.8. The summed E-state index contributed by atoms with van der Waals surface area (Å²) in [6, 6.07) is 16.5. The number of aryl methyl sites for hydroxylation is 2. The van der Waals surface area contributed by atoms with Gasteiger partial charge < -0.3 is 9.32 Å². The van der Waals surface area contributed by atoms with Crippen LogP contribution >= 0.6 is 11.3 Å². The van der Waals surface area contributed by atoms with Crippen LogP contribution < -0.4 is 15.2 Å². The maximum atomic E-state index is 15.0. The molecule has 0 aliphatic carbocycles. The average molecular weight is 595 g/mol. The summed E-state index contributed by atoms with van der Waals surface area (Å²) in [5.74, 6) is -1.42. The predicted octanol–water partition coefficient (Wildman–Crippen LogP) is 6.05. The molecule has 216 valence electrons. The van der Waals surface area contributed by atoms with Crippen molar-refractivity contribution in [3.8, 4) is 0 Å². The first-order valence-electron chi connectivity index (χ1n) is 14.0. The van der Waals surface area contributed by atoms with Gasteiger partial charge in [0.2, 0.25) is 10.9 Å². The zero-order chi connectivity index (χ0) is 30.2. The lowest BCUT2D eigenvalue weighted by Crippen LogP contribution is -2.53. The van der Waals surface area contributed by atoms with Crippen molar-refractivity contribution < 1.29 is 18.4 Å². The maximum Gasteiger partial charge on any atom is 0.297 e. The van der Waals surface area contributed by atoms with Crippen molar-refractivity contribution in [2.45, 2.75) is 46.2 Å². The van der Waals surface area contributed by atoms with Gasteiger partial charge >= 0.3 is 0 Å². The highest BCUT2D eigenvalue weighted by Gasteiger charge is 2.66. The molecule has 1 spiro atoms. The van der Waals surface area contributed by atoms with E-state index in [9.17, 15) is 18.8 Å². The summed E-state index contributed by atoms with van der Waals surface area (Å²) in [5, 5.41) is 9.91. The van der Waals surface area contributed by atoms with E-state index in [0.29, 0.717) is 34.2 Å². The number of carbonyl (C=O) groups is 2. The molecule has 2 aromatic heterocycles. The van der Waals surface area contributed by atoms with Crippen molar-refractivity contribution in [3.63, 3.8) is 0 Å². The molecule has 7 rings (SSSR count). The number of hydrogen-bond acceptors (Lipinski definition) is 7. The van der Waals surface area contributed by atoms with E-state index in [0.717, 1.165) is 11.1 Å². The summed E-state index contributed by atoms with van der Waals surface area (Å²) >= 11 is 1.22. The van der Waals surface area contributed by atoms with Gasteiger partial charge in [0.05, 0.1) is 23.2 Å². The second kappa shape index (κ2) is 9.67. The number of carbonyl (C=O) groups excluding carboxylic acids is 2. The Morgan fingerprint density at radius 1 is 0.977 bits per heavy atom. The van der Waals surface area contributed by atoms with Crippen LogP contribution in [0.4, 0.5) is 15.2 Å². The minimum atomic E-state index is -1.87. The molecule has 1 atom stereocenters. The number of halogens is 1. The Hall–Kier alpha value is -4.70. The molecule has 0 radical (unpaired) electrons. The standard InChI is InChI=1S/C33H27FN4O4S/c1-17(2)13-26-35-36-32(43-26)38-30(40)29-27(28(39)22-14-18(3)19(4)15-25(22)42-29)33(38)23-7-5-6-8-24(23)37(31(33)41)16-20-9-11-21(34)12-10-20/h5-12,14-15,17H,13,16H2,1-4H3. The van der Waals surface area contributed by atoms with Gasteiger partial charge in [0.15, 0.2) is 11.0 Å². The molecule has 1 unspecified atom stereocenters. The summed E-state index contributed by atoms with van der Waals surface area (Å²) in [6.45, 7) is 8.01. The molecule has 0 bridgehead atoms. The second-order valence-electron chi connectivity index (χ2n) is 11.5. The van der Waals surface area contributed by atoms with Gasteiger partial charge in [0.25, 0.3) is 11.8 Å². The molecule has 0 N–H and O–H groups in total. The van der Waals surface area contributed by atoms with Crippen molar-refractivity contribution in [1.82, 2.24) is 10.2 Å². The van der Waals surface area contributed by atoms with E-state index in [2.05, 4.69) is 24.0 Å². The van der Waals surface area contributed by atoms with Gasteiger partial charge in [-0.3, -0.25) is 19.3 Å². The Kier molecular flexibility index (Phi) is 6.10. The van der Waals surface area contributed by atoms with Crippen LogP contribution in [0.2, 0.25) is 0 Å². The van der Waals surface area contributed by atoms with E-state index in [1.165, 1.54) is 33.3 Å². The van der Waals surface area contributed by atoms with Gasteiger partial charge in [0, 0.05) is 12.0 Å². The van der Waals surface area contributed by atoms with Crippen LogP contribution in [-0.2, 0) is 23.3 Å². The van der Waals surface area contributed by atoms with Crippen LogP contribution in [0.25, 0.3) is 11.0 Å². The van der Waals surface area contributed by atoms with Crippen molar-refractivity contribution >= 4 is 44.9 Å². The Balaban J connectivity index is 1.53. The monoisotopic (exact) mass is 594 g/mol. The molecule has 10 heteroatoms. The van der Waals surface area contributed by atoms with E-state index in [1.54, 1.807) is 48.5 Å². The highest BCUT2D eigenvalue weighted by molar-refractivity contribution is 7.15. The fourth-order valence-electron chi connectivity index (χ4n) is 6.11. The first kappa shape index (κ1) is 27.2. The minimum Gasteiger partial charge on any atom is -0.450 e. The Morgan fingerprint density at radius 3 is 2.44 bits per heavy atom. The van der Waals surface area contributed by atoms with Crippen molar-refractivity contribution in [1.29, 1.82) is 0 Å². The van der Waals surface area contributed by atoms with Gasteiger partial charge in [-0.05, 0) is 66.8 Å². The van der Waals surface area contributed by atoms with Crippen LogP contribution in [-0.4, -0.2) is 22.0 Å². The first-order chi connectivity index (χ1) is 20.6. The number of para-hydroxylation sites is 1. The zero-order valence-electron chi connectivity index (χ0n) is 24.0. The van der Waals surface area contributed by atoms with Crippen LogP contribution in [0.5, 0.6) is 0 Å². The van der Waals surface area contributed by atoms with E-state index >= 15 is 0 Å². The molecule has 2 aliphatic rings. The molecule has 5 aromatic rings. The van der Waals surface area contributed by atoms with Gasteiger partial charge in [-0.1, -0.05) is 55.5 Å². The third-order valence-electron chi connectivity index (χ3n) is 8.22. The molecule has 0 saturated carbocycles. The lowest BCUT2D eigenvalue weighted by molar-refractivity contribution is -0.121. The number of nitrogens with zero attached hydrogens (tertiary/aromatic N) is 4. The normalized spacial score (nSPS) is 17.5. The van der Waals surface area contributed by atoms with Crippen LogP contribution in [0.15, 0.2) is 69.9 Å². The van der Waals surface area contributed by atoms with Crippen molar-refractivity contribution in [3.05, 3.63) is 115 Å². The molecule has 2 aliphatic heterocycles. The molecule has 0 saturated heterocycles. The number of anilines is 2. The molecule has 2 amide bonds. The summed E-state index contributed by atoms with van der Waals surface area (Å²) in [4.78, 5) is 46.7. The van der Waals surface area contributed by atoms with Gasteiger partial charge in [-0.25, -0.2) is 4.39 Å². The lowest BCUT2D eigenvalue weighted by Gasteiger charge is -2.32. The lowest BCUT2D eigenvalue weighted by atomic mass is 9.84. The Labute approximate surface area is 250 Å². The second-order valence-corrected chi connectivity index (χ2v) is 12.6. The van der Waals surface area contributed by atoms with Gasteiger partial charge in [-0.2, -0.15) is 0 Å². The first-order valence-corrected chi connectivity index (χ1v) is 14.8. The highest BCUT2D eigenvalue weighted by Crippen LogP contribution is 2.54. The summed E-state index contributed by atoms with van der Waals surface area (Å²) in [6.07, 6.45) is 0.639. The van der Waals surface area contributed by atoms with Crippen LogP contribution in [0.3, 0.4) is 0 Å². The van der Waals surface area contributed by atoms with E-state index in [1.807, 2.05) is 13.8 Å². The fraction of sp³-hybridized carbons (Fsp3) is 0.242. The molecular formula is C33H27FN4O4S. The molecular weight excluding hydrogens is 567 g/mol. The Bertz CT molecular complexity index is 2030. The predicted molar refractivity (Wildman–Crippen MR) is 162 cm³/mol. The quantitative estimate of drug-likeness (QED) is 0.246. The number of amides is 2. The number of rotatable bonds is 5. The van der Waals surface area contributed by atoms with E-state index in [4.69, 9.17) is 4.42 Å². The van der Waals surface area contributed by atoms with Crippen LogP contribution in [0, 0.1) is 25.6 Å². The summed E-state index contributed by atoms with van der Waals surface area (Å²) in [7, 11) is 0. The topological polar surface area (TPSA) is 96.6 Å². The Morgan fingerprint density at radius 2 is 1.70 bits per heavy atom. The maximum absolute atomic E-state index is 15.0. The van der Waals surface area contributed by atoms with Crippen LogP contribution in [0.1, 0.15) is 57.2 Å².